The third-order valence-corrected chi connectivity index (χ3v) is 4.58. The van der Waals surface area contributed by atoms with Crippen molar-refractivity contribution < 1.29 is 4.79 Å². The summed E-state index contributed by atoms with van der Waals surface area (Å²) < 4.78 is 0. The Balaban J connectivity index is 2.03. The summed E-state index contributed by atoms with van der Waals surface area (Å²) >= 11 is 7.41. The minimum atomic E-state index is -0.203. The average Bonchev–Trinajstić information content (AvgIpc) is 2.56. The van der Waals surface area contributed by atoms with Gasteiger partial charge in [-0.15, -0.1) is 11.8 Å². The minimum absolute atomic E-state index is 0.165. The van der Waals surface area contributed by atoms with Crippen molar-refractivity contribution in [3.05, 3.63) is 65.2 Å². The van der Waals surface area contributed by atoms with Gasteiger partial charge in [-0.05, 0) is 35.9 Å². The molecule has 0 saturated carbocycles. The molecule has 1 unspecified atom stereocenters. The van der Waals surface area contributed by atoms with Gasteiger partial charge < -0.3 is 5.32 Å². The highest BCUT2D eigenvalue weighted by molar-refractivity contribution is 8.00. The number of carbonyl (C=O) groups is 1. The summed E-state index contributed by atoms with van der Waals surface area (Å²) in [5.74, 6) is -0.203. The predicted molar refractivity (Wildman–Crippen MR) is 101 cm³/mol. The maximum atomic E-state index is 12.1. The van der Waals surface area contributed by atoms with Gasteiger partial charge in [0.25, 0.3) is 0 Å². The van der Waals surface area contributed by atoms with Crippen LogP contribution in [0, 0.1) is 11.3 Å². The number of nitrogens with zero attached hydrogens (tertiary/aromatic N) is 1. The van der Waals surface area contributed by atoms with Gasteiger partial charge in [0, 0.05) is 27.7 Å². The molecule has 0 bridgehead atoms. The highest BCUT2D eigenvalue weighted by atomic mass is 35.5. The fourth-order valence-corrected chi connectivity index (χ4v) is 3.10. The number of para-hydroxylation sites is 1. The number of thioether (sulfide) groups is 1. The number of anilines is 1. The number of hydrogen-bond acceptors (Lipinski definition) is 3. The van der Waals surface area contributed by atoms with E-state index in [1.165, 1.54) is 6.08 Å². The Bertz CT molecular complexity index is 766. The van der Waals surface area contributed by atoms with E-state index in [1.807, 2.05) is 43.3 Å². The van der Waals surface area contributed by atoms with Gasteiger partial charge in [-0.25, -0.2) is 0 Å². The Hall–Kier alpha value is -2.22. The summed E-state index contributed by atoms with van der Waals surface area (Å²) in [4.78, 5) is 13.1. The minimum Gasteiger partial charge on any atom is -0.321 e. The zero-order chi connectivity index (χ0) is 17.4. The van der Waals surface area contributed by atoms with Crippen LogP contribution in [0.15, 0.2) is 59.5 Å². The largest absolute Gasteiger partial charge is 0.321 e. The Morgan fingerprint density at radius 2 is 2.00 bits per heavy atom. The summed E-state index contributed by atoms with van der Waals surface area (Å²) in [6, 6.07) is 17.0. The number of benzene rings is 2. The van der Waals surface area contributed by atoms with Crippen molar-refractivity contribution in [3.8, 4) is 6.07 Å². The van der Waals surface area contributed by atoms with Crippen LogP contribution in [0.2, 0.25) is 5.02 Å². The molecule has 24 heavy (non-hydrogen) atoms. The molecule has 2 aromatic rings. The van der Waals surface area contributed by atoms with Crippen LogP contribution in [0.3, 0.4) is 0 Å². The van der Waals surface area contributed by atoms with Crippen molar-refractivity contribution in [1.82, 2.24) is 0 Å². The first-order valence-corrected chi connectivity index (χ1v) is 8.71. The van der Waals surface area contributed by atoms with Crippen molar-refractivity contribution in [1.29, 1.82) is 5.26 Å². The summed E-state index contributed by atoms with van der Waals surface area (Å²) in [6.45, 7) is 1.99. The lowest BCUT2D eigenvalue weighted by molar-refractivity contribution is -0.111. The first-order chi connectivity index (χ1) is 11.6. The molecule has 5 heteroatoms. The zero-order valence-electron chi connectivity index (χ0n) is 13.2. The molecule has 0 heterocycles. The summed E-state index contributed by atoms with van der Waals surface area (Å²) in [6.07, 6.45) is 3.69. The van der Waals surface area contributed by atoms with Crippen LogP contribution in [0.5, 0.6) is 0 Å². The molecule has 0 spiro atoms. The van der Waals surface area contributed by atoms with Gasteiger partial charge in [-0.3, -0.25) is 4.79 Å². The van der Waals surface area contributed by atoms with Gasteiger partial charge in [0.2, 0.25) is 5.91 Å². The first kappa shape index (κ1) is 18.1. The third-order valence-electron chi connectivity index (χ3n) is 3.15. The van der Waals surface area contributed by atoms with Crippen LogP contribution in [-0.4, -0.2) is 11.2 Å². The van der Waals surface area contributed by atoms with Gasteiger partial charge in [-0.1, -0.05) is 42.8 Å². The molecule has 1 N–H and O–H groups in total. The number of hydrogen-bond donors (Lipinski definition) is 1. The van der Waals surface area contributed by atoms with Crippen LogP contribution < -0.4 is 5.32 Å². The van der Waals surface area contributed by atoms with E-state index in [0.717, 1.165) is 16.1 Å². The van der Waals surface area contributed by atoms with Crippen LogP contribution in [0.1, 0.15) is 18.9 Å². The fraction of sp³-hybridized carbons (Fsp3) is 0.158. The summed E-state index contributed by atoms with van der Waals surface area (Å²) in [7, 11) is 0. The van der Waals surface area contributed by atoms with Crippen LogP contribution in [0.25, 0.3) is 6.08 Å². The molecule has 2 rings (SSSR count). The average molecular weight is 357 g/mol. The van der Waals surface area contributed by atoms with E-state index in [0.29, 0.717) is 11.4 Å². The van der Waals surface area contributed by atoms with Crippen molar-refractivity contribution >= 4 is 41.0 Å². The molecule has 1 amide bonds. The standard InChI is InChI=1S/C19H17ClN2OS/c1-14(12-13-21)24-18-5-3-2-4-17(18)22-19(23)11-8-15-6-9-16(20)10-7-15/h2-11,14H,12H2,1H3,(H,22,23). The van der Waals surface area contributed by atoms with Crippen molar-refractivity contribution in [2.45, 2.75) is 23.5 Å². The van der Waals surface area contributed by atoms with Crippen molar-refractivity contribution in [2.75, 3.05) is 5.32 Å². The van der Waals surface area contributed by atoms with Crippen LogP contribution in [0.4, 0.5) is 5.69 Å². The maximum absolute atomic E-state index is 12.1. The Morgan fingerprint density at radius 3 is 2.71 bits per heavy atom. The molecule has 0 aliphatic heterocycles. The molecule has 0 aromatic heterocycles. The highest BCUT2D eigenvalue weighted by Crippen LogP contribution is 2.31. The molecule has 3 nitrogen and oxygen atoms in total. The van der Waals surface area contributed by atoms with E-state index >= 15 is 0 Å². The number of rotatable bonds is 6. The number of carbonyl (C=O) groups excluding carboxylic acids is 1. The molecular formula is C19H17ClN2OS. The molecule has 0 fully saturated rings. The van der Waals surface area contributed by atoms with Gasteiger partial charge in [-0.2, -0.15) is 5.26 Å². The maximum Gasteiger partial charge on any atom is 0.248 e. The van der Waals surface area contributed by atoms with E-state index in [9.17, 15) is 4.79 Å². The predicted octanol–water partition coefficient (Wildman–Crippen LogP) is 5.39. The lowest BCUT2D eigenvalue weighted by Gasteiger charge is -2.12. The third kappa shape index (κ3) is 5.77. The molecular weight excluding hydrogens is 340 g/mol. The van der Waals surface area contributed by atoms with Gasteiger partial charge in [0.1, 0.15) is 0 Å². The summed E-state index contributed by atoms with van der Waals surface area (Å²) in [5.41, 5.74) is 1.65. The Labute approximate surface area is 151 Å². The second-order valence-corrected chi connectivity index (χ2v) is 7.08. The van der Waals surface area contributed by atoms with Gasteiger partial charge in [0.15, 0.2) is 0 Å². The topological polar surface area (TPSA) is 52.9 Å². The monoisotopic (exact) mass is 356 g/mol. The van der Waals surface area contributed by atoms with Crippen LogP contribution >= 0.6 is 23.4 Å². The lowest BCUT2D eigenvalue weighted by Crippen LogP contribution is -2.09. The van der Waals surface area contributed by atoms with Gasteiger partial charge >= 0.3 is 0 Å². The van der Waals surface area contributed by atoms with E-state index in [2.05, 4.69) is 11.4 Å². The molecule has 0 aliphatic rings. The number of nitrogens with one attached hydrogen (secondary N) is 1. The fourth-order valence-electron chi connectivity index (χ4n) is 1.98. The molecule has 0 radical (unpaired) electrons. The van der Waals surface area contributed by atoms with Crippen LogP contribution in [-0.2, 0) is 4.79 Å². The SMILES string of the molecule is CC(CC#N)Sc1ccccc1NC(=O)C=Cc1ccc(Cl)cc1. The molecule has 0 aliphatic carbocycles. The number of halogens is 1. The normalized spacial score (nSPS) is 11.9. The molecule has 122 valence electrons. The zero-order valence-corrected chi connectivity index (χ0v) is 14.8. The highest BCUT2D eigenvalue weighted by Gasteiger charge is 2.09. The summed E-state index contributed by atoms with van der Waals surface area (Å²) in [5, 5.41) is 12.5. The second-order valence-electron chi connectivity index (χ2n) is 5.16. The van der Waals surface area contributed by atoms with E-state index in [1.54, 1.807) is 30.0 Å². The van der Waals surface area contributed by atoms with E-state index in [-0.39, 0.29) is 11.2 Å². The van der Waals surface area contributed by atoms with E-state index < -0.39 is 0 Å². The first-order valence-electron chi connectivity index (χ1n) is 7.46. The van der Waals surface area contributed by atoms with Crippen molar-refractivity contribution in [3.63, 3.8) is 0 Å². The number of amides is 1. The lowest BCUT2D eigenvalue weighted by atomic mass is 10.2. The second kappa shape index (κ2) is 9.17. The molecule has 1 atom stereocenters. The quantitative estimate of drug-likeness (QED) is 0.558. The molecule has 2 aromatic carbocycles. The number of nitriles is 1. The smallest absolute Gasteiger partial charge is 0.248 e. The van der Waals surface area contributed by atoms with Crippen molar-refractivity contribution in [2.24, 2.45) is 0 Å². The van der Waals surface area contributed by atoms with E-state index in [4.69, 9.17) is 16.9 Å². The Morgan fingerprint density at radius 1 is 1.29 bits per heavy atom. The Kier molecular flexibility index (Phi) is 6.92. The molecule has 0 saturated heterocycles. The van der Waals surface area contributed by atoms with Gasteiger partial charge in [0.05, 0.1) is 11.8 Å².